The predicted molar refractivity (Wildman–Crippen MR) is 143 cm³/mol. The second kappa shape index (κ2) is 11.6. The lowest BCUT2D eigenvalue weighted by atomic mass is 10.00. The number of carbonyl (C=O) groups is 2. The minimum Gasteiger partial charge on any atom is -0.481 e. The maximum absolute atomic E-state index is 14.9. The van der Waals surface area contributed by atoms with Crippen LogP contribution < -0.4 is 9.46 Å². The van der Waals surface area contributed by atoms with Gasteiger partial charge in [0.25, 0.3) is 10.0 Å². The number of carboxylic acids is 1. The summed E-state index contributed by atoms with van der Waals surface area (Å²) in [5, 5.41) is 9.16. The minimum atomic E-state index is -4.36. The molecule has 0 saturated carbocycles. The molecule has 2 N–H and O–H groups in total. The molecule has 2 aromatic heterocycles. The molecule has 0 aliphatic carbocycles. The first-order valence-electron chi connectivity index (χ1n) is 10.9. The number of carboxylic acid groups (broad SMARTS) is 1. The highest BCUT2D eigenvalue weighted by Crippen LogP contribution is 2.39. The van der Waals surface area contributed by atoms with Gasteiger partial charge in [-0.1, -0.05) is 30.1 Å². The Morgan fingerprint density at radius 1 is 1.13 bits per heavy atom. The quantitative estimate of drug-likeness (QED) is 0.208. The topological polar surface area (TPSA) is 148 Å². The summed E-state index contributed by atoms with van der Waals surface area (Å²) in [4.78, 5) is 30.7. The van der Waals surface area contributed by atoms with E-state index < -0.39 is 38.4 Å². The van der Waals surface area contributed by atoms with Crippen LogP contribution in [-0.4, -0.2) is 39.6 Å². The van der Waals surface area contributed by atoms with E-state index in [2.05, 4.69) is 19.1 Å². The van der Waals surface area contributed by atoms with Crippen LogP contribution in [0, 0.1) is 11.7 Å². The number of Topliss-reactive ketones (excluding diaryl/α,β-unsaturated/α-hetero) is 1. The standard InChI is InChI=1S/C24H17Cl2FN4O6S2/c1-12(23(33)34)6-19(32)18-7-13(4-5-28-18)15-8-14(25)2-3-20(15)37-21-10-17(27)22(9-16(21)26)39(35,36)31-24-29-11-30-38-24/h2-5,7-12H,6H2,1H3,(H,33,34)(H,29,30,31)/t12-/m1/s1. The summed E-state index contributed by atoms with van der Waals surface area (Å²) in [5.74, 6) is -3.64. The van der Waals surface area contributed by atoms with E-state index in [9.17, 15) is 22.4 Å². The molecule has 0 unspecified atom stereocenters. The van der Waals surface area contributed by atoms with Gasteiger partial charge in [0.15, 0.2) is 5.78 Å². The number of pyridine rings is 1. The molecule has 1 atom stereocenters. The fourth-order valence-electron chi connectivity index (χ4n) is 3.34. The Morgan fingerprint density at radius 2 is 1.90 bits per heavy atom. The molecule has 2 aromatic carbocycles. The van der Waals surface area contributed by atoms with Gasteiger partial charge in [0.05, 0.1) is 10.9 Å². The number of nitrogens with one attached hydrogen (secondary N) is 1. The second-order valence-electron chi connectivity index (χ2n) is 8.10. The number of anilines is 1. The first-order valence-corrected chi connectivity index (χ1v) is 13.9. The summed E-state index contributed by atoms with van der Waals surface area (Å²) < 4.78 is 51.8. The molecule has 10 nitrogen and oxygen atoms in total. The van der Waals surface area contributed by atoms with E-state index in [0.717, 1.165) is 30.0 Å². The Hall–Kier alpha value is -3.65. The molecule has 4 aromatic rings. The number of ketones is 1. The summed E-state index contributed by atoms with van der Waals surface area (Å²) in [5.41, 5.74) is 0.871. The van der Waals surface area contributed by atoms with Gasteiger partial charge in [-0.15, -0.1) is 0 Å². The lowest BCUT2D eigenvalue weighted by Gasteiger charge is -2.15. The molecule has 0 aliphatic rings. The van der Waals surface area contributed by atoms with Crippen molar-refractivity contribution in [2.24, 2.45) is 5.92 Å². The van der Waals surface area contributed by atoms with Crippen LogP contribution >= 0.6 is 34.7 Å². The molecule has 0 spiro atoms. The molecule has 2 heterocycles. The molecule has 0 bridgehead atoms. The highest BCUT2D eigenvalue weighted by atomic mass is 35.5. The van der Waals surface area contributed by atoms with Crippen LogP contribution in [0.1, 0.15) is 23.8 Å². The predicted octanol–water partition coefficient (Wildman–Crippen LogP) is 5.93. The average molecular weight is 611 g/mol. The zero-order valence-electron chi connectivity index (χ0n) is 19.8. The van der Waals surface area contributed by atoms with E-state index in [0.29, 0.717) is 16.1 Å². The monoisotopic (exact) mass is 610 g/mol. The zero-order chi connectivity index (χ0) is 28.3. The van der Waals surface area contributed by atoms with Gasteiger partial charge in [-0.2, -0.15) is 4.37 Å². The lowest BCUT2D eigenvalue weighted by Crippen LogP contribution is -2.15. The Bertz CT molecular complexity index is 1670. The maximum atomic E-state index is 14.9. The van der Waals surface area contributed by atoms with Crippen molar-refractivity contribution in [1.29, 1.82) is 0 Å². The SMILES string of the molecule is C[C@H](CC(=O)c1cc(-c2cc(Cl)ccc2Oc2cc(F)c(S(=O)(=O)Nc3ncns3)cc2Cl)ccn1)C(=O)O. The van der Waals surface area contributed by atoms with Crippen LogP contribution in [0.25, 0.3) is 11.1 Å². The minimum absolute atomic E-state index is 0.0353. The highest BCUT2D eigenvalue weighted by Gasteiger charge is 2.24. The maximum Gasteiger partial charge on any atom is 0.306 e. The van der Waals surface area contributed by atoms with Crippen LogP contribution in [0.2, 0.25) is 10.0 Å². The highest BCUT2D eigenvalue weighted by molar-refractivity contribution is 7.93. The van der Waals surface area contributed by atoms with Crippen LogP contribution in [-0.2, 0) is 14.8 Å². The van der Waals surface area contributed by atoms with Gasteiger partial charge in [0.1, 0.15) is 34.2 Å². The molecule has 15 heteroatoms. The third-order valence-electron chi connectivity index (χ3n) is 5.29. The number of aromatic nitrogens is 3. The number of sulfonamides is 1. The number of hydrogen-bond acceptors (Lipinski definition) is 9. The second-order valence-corrected chi connectivity index (χ2v) is 11.4. The van der Waals surface area contributed by atoms with Gasteiger partial charge in [-0.3, -0.25) is 19.3 Å². The molecule has 0 radical (unpaired) electrons. The Labute approximate surface area is 235 Å². The Kier molecular flexibility index (Phi) is 8.45. The number of aliphatic carboxylic acids is 1. The van der Waals surface area contributed by atoms with E-state index >= 15 is 0 Å². The van der Waals surface area contributed by atoms with Gasteiger partial charge >= 0.3 is 5.97 Å². The fourth-order valence-corrected chi connectivity index (χ4v) is 5.53. The van der Waals surface area contributed by atoms with E-state index in [1.807, 2.05) is 0 Å². The number of halogens is 3. The van der Waals surface area contributed by atoms with Crippen LogP contribution in [0.5, 0.6) is 11.5 Å². The normalized spacial score (nSPS) is 12.1. The van der Waals surface area contributed by atoms with Gasteiger partial charge in [0, 0.05) is 40.8 Å². The zero-order valence-corrected chi connectivity index (χ0v) is 22.9. The van der Waals surface area contributed by atoms with Crippen molar-refractivity contribution in [2.45, 2.75) is 18.2 Å². The number of hydrogen-bond donors (Lipinski definition) is 2. The van der Waals surface area contributed by atoms with Crippen molar-refractivity contribution in [3.05, 3.63) is 76.5 Å². The number of rotatable bonds is 10. The van der Waals surface area contributed by atoms with Crippen molar-refractivity contribution in [3.63, 3.8) is 0 Å². The third kappa shape index (κ3) is 6.68. The van der Waals surface area contributed by atoms with Crippen LogP contribution in [0.15, 0.2) is 59.9 Å². The van der Waals surface area contributed by atoms with Crippen LogP contribution in [0.3, 0.4) is 0 Å². The number of ether oxygens (including phenoxy) is 1. The van der Waals surface area contributed by atoms with Crippen molar-refractivity contribution < 1.29 is 32.2 Å². The van der Waals surface area contributed by atoms with E-state index in [1.165, 1.54) is 37.4 Å². The van der Waals surface area contributed by atoms with Crippen molar-refractivity contribution in [1.82, 2.24) is 14.3 Å². The number of benzene rings is 2. The average Bonchev–Trinajstić information content (AvgIpc) is 3.39. The summed E-state index contributed by atoms with van der Waals surface area (Å²) in [7, 11) is -4.36. The van der Waals surface area contributed by atoms with Gasteiger partial charge in [0.2, 0.25) is 5.13 Å². The van der Waals surface area contributed by atoms with E-state index in [1.54, 1.807) is 6.07 Å². The van der Waals surface area contributed by atoms with Crippen molar-refractivity contribution in [2.75, 3.05) is 4.72 Å². The molecule has 39 heavy (non-hydrogen) atoms. The summed E-state index contributed by atoms with van der Waals surface area (Å²) in [6, 6.07) is 9.29. The van der Waals surface area contributed by atoms with Crippen molar-refractivity contribution >= 4 is 61.6 Å². The Morgan fingerprint density at radius 3 is 2.59 bits per heavy atom. The van der Waals surface area contributed by atoms with Crippen molar-refractivity contribution in [3.8, 4) is 22.6 Å². The fraction of sp³-hybridized carbons (Fsp3) is 0.125. The largest absolute Gasteiger partial charge is 0.481 e. The smallest absolute Gasteiger partial charge is 0.306 e. The first-order chi connectivity index (χ1) is 18.4. The van der Waals surface area contributed by atoms with Crippen LogP contribution in [0.4, 0.5) is 9.52 Å². The van der Waals surface area contributed by atoms with Gasteiger partial charge in [-0.05, 0) is 42.0 Å². The third-order valence-corrected chi connectivity index (χ3v) is 7.88. The molecule has 202 valence electrons. The molecule has 0 amide bonds. The molecule has 0 fully saturated rings. The molecule has 0 aliphatic heterocycles. The molecular formula is C24H17Cl2FN4O6S2. The van der Waals surface area contributed by atoms with Gasteiger partial charge < -0.3 is 9.84 Å². The van der Waals surface area contributed by atoms with E-state index in [4.69, 9.17) is 33.0 Å². The first kappa shape index (κ1) is 28.4. The number of nitrogens with zero attached hydrogens (tertiary/aromatic N) is 3. The lowest BCUT2D eigenvalue weighted by molar-refractivity contribution is -0.141. The summed E-state index contributed by atoms with van der Waals surface area (Å²) in [6.45, 7) is 1.42. The summed E-state index contributed by atoms with van der Waals surface area (Å²) >= 11 is 13.2. The molecule has 4 rings (SSSR count). The van der Waals surface area contributed by atoms with Gasteiger partial charge in [-0.25, -0.2) is 17.8 Å². The van der Waals surface area contributed by atoms with E-state index in [-0.39, 0.29) is 33.8 Å². The number of carbonyl (C=O) groups excluding carboxylic acids is 1. The summed E-state index contributed by atoms with van der Waals surface area (Å²) in [6.07, 6.45) is 2.27. The Balaban J connectivity index is 1.66. The molecular weight excluding hydrogens is 594 g/mol. The molecule has 0 saturated heterocycles.